The summed E-state index contributed by atoms with van der Waals surface area (Å²) in [5.41, 5.74) is 2.16. The van der Waals surface area contributed by atoms with Gasteiger partial charge in [0, 0.05) is 18.2 Å². The summed E-state index contributed by atoms with van der Waals surface area (Å²) < 4.78 is 26.3. The van der Waals surface area contributed by atoms with Gasteiger partial charge in [0.2, 0.25) is 15.9 Å². The van der Waals surface area contributed by atoms with Crippen molar-refractivity contribution < 1.29 is 13.2 Å². The Kier molecular flexibility index (Phi) is 8.07. The molecule has 0 unspecified atom stereocenters. The van der Waals surface area contributed by atoms with Crippen LogP contribution in [0.25, 0.3) is 0 Å². The number of rotatable bonds is 8. The lowest BCUT2D eigenvalue weighted by Gasteiger charge is -2.29. The fourth-order valence-electron chi connectivity index (χ4n) is 3.45. The van der Waals surface area contributed by atoms with Crippen molar-refractivity contribution in [2.24, 2.45) is 11.8 Å². The molecule has 158 valence electrons. The lowest BCUT2D eigenvalue weighted by Crippen LogP contribution is -2.42. The molecule has 0 aliphatic heterocycles. The SMILES string of the molecule is CCCCc1ccc(NC(=O)[C@H]2CC[C@H](CNS(=O)(=O)C(C)(C)C)CC2)cc1. The molecule has 0 atom stereocenters. The van der Waals surface area contributed by atoms with Gasteiger partial charge in [-0.25, -0.2) is 13.1 Å². The molecule has 28 heavy (non-hydrogen) atoms. The molecule has 2 rings (SSSR count). The van der Waals surface area contributed by atoms with Gasteiger partial charge in [-0.2, -0.15) is 0 Å². The summed E-state index contributed by atoms with van der Waals surface area (Å²) in [5, 5.41) is 3.04. The average molecular weight is 409 g/mol. The van der Waals surface area contributed by atoms with E-state index >= 15 is 0 Å². The largest absolute Gasteiger partial charge is 0.326 e. The summed E-state index contributed by atoms with van der Waals surface area (Å²) in [6.45, 7) is 7.75. The van der Waals surface area contributed by atoms with E-state index in [1.807, 2.05) is 12.1 Å². The molecule has 6 heteroatoms. The number of carbonyl (C=O) groups is 1. The molecule has 0 spiro atoms. The second kappa shape index (κ2) is 9.88. The molecule has 1 aliphatic rings. The number of hydrogen-bond donors (Lipinski definition) is 2. The van der Waals surface area contributed by atoms with Crippen LogP contribution in [-0.4, -0.2) is 25.6 Å². The highest BCUT2D eigenvalue weighted by Crippen LogP contribution is 2.30. The normalized spacial score (nSPS) is 20.7. The Morgan fingerprint density at radius 1 is 1.07 bits per heavy atom. The minimum Gasteiger partial charge on any atom is -0.326 e. The first-order chi connectivity index (χ1) is 13.1. The third kappa shape index (κ3) is 6.59. The third-order valence-electron chi connectivity index (χ3n) is 5.63. The van der Waals surface area contributed by atoms with Gasteiger partial charge in [-0.05, 0) is 82.9 Å². The average Bonchev–Trinajstić information content (AvgIpc) is 2.65. The third-order valence-corrected chi connectivity index (χ3v) is 7.79. The lowest BCUT2D eigenvalue weighted by atomic mass is 9.81. The maximum Gasteiger partial charge on any atom is 0.227 e. The Balaban J connectivity index is 1.77. The molecule has 5 nitrogen and oxygen atoms in total. The minimum atomic E-state index is -3.31. The number of benzene rings is 1. The van der Waals surface area contributed by atoms with Crippen molar-refractivity contribution >= 4 is 21.6 Å². The zero-order valence-electron chi connectivity index (χ0n) is 17.8. The smallest absolute Gasteiger partial charge is 0.227 e. The van der Waals surface area contributed by atoms with E-state index in [2.05, 4.69) is 29.1 Å². The van der Waals surface area contributed by atoms with Gasteiger partial charge in [0.05, 0.1) is 4.75 Å². The highest BCUT2D eigenvalue weighted by atomic mass is 32.2. The van der Waals surface area contributed by atoms with E-state index < -0.39 is 14.8 Å². The van der Waals surface area contributed by atoms with E-state index in [0.717, 1.165) is 37.8 Å². The maximum absolute atomic E-state index is 12.6. The summed E-state index contributed by atoms with van der Waals surface area (Å²) in [5.74, 6) is 0.393. The molecule has 1 saturated carbocycles. The Hall–Kier alpha value is -1.40. The number of hydrogen-bond acceptors (Lipinski definition) is 3. The molecule has 1 aromatic rings. The van der Waals surface area contributed by atoms with E-state index in [1.165, 1.54) is 18.4 Å². The molecule has 1 aliphatic carbocycles. The van der Waals surface area contributed by atoms with Gasteiger partial charge in [0.15, 0.2) is 0 Å². The van der Waals surface area contributed by atoms with E-state index in [9.17, 15) is 13.2 Å². The van der Waals surface area contributed by atoms with Gasteiger partial charge < -0.3 is 5.32 Å². The van der Waals surface area contributed by atoms with Crippen molar-refractivity contribution in [1.82, 2.24) is 4.72 Å². The second-order valence-corrected chi connectivity index (χ2v) is 11.5. The molecule has 0 bridgehead atoms. The summed E-state index contributed by atoms with van der Waals surface area (Å²) in [7, 11) is -3.31. The fraction of sp³-hybridized carbons (Fsp3) is 0.682. The van der Waals surface area contributed by atoms with Gasteiger partial charge in [-0.15, -0.1) is 0 Å². The molecule has 1 fully saturated rings. The van der Waals surface area contributed by atoms with Crippen molar-refractivity contribution in [3.63, 3.8) is 0 Å². The molecule has 0 heterocycles. The Morgan fingerprint density at radius 2 is 1.68 bits per heavy atom. The number of nitrogens with one attached hydrogen (secondary N) is 2. The van der Waals surface area contributed by atoms with Crippen LogP contribution in [0.4, 0.5) is 5.69 Å². The van der Waals surface area contributed by atoms with Crippen LogP contribution in [0.15, 0.2) is 24.3 Å². The van der Waals surface area contributed by atoms with E-state index in [4.69, 9.17) is 0 Å². The number of anilines is 1. The van der Waals surface area contributed by atoms with Crippen LogP contribution in [0.1, 0.15) is 71.8 Å². The number of aryl methyl sites for hydroxylation is 1. The van der Waals surface area contributed by atoms with Crippen LogP contribution < -0.4 is 10.0 Å². The molecule has 1 amide bonds. The van der Waals surface area contributed by atoms with Gasteiger partial charge in [0.25, 0.3) is 0 Å². The molecule has 1 aromatic carbocycles. The van der Waals surface area contributed by atoms with Crippen LogP contribution in [0.2, 0.25) is 0 Å². The van der Waals surface area contributed by atoms with Crippen molar-refractivity contribution in [3.05, 3.63) is 29.8 Å². The lowest BCUT2D eigenvalue weighted by molar-refractivity contribution is -0.121. The highest BCUT2D eigenvalue weighted by molar-refractivity contribution is 7.90. The fourth-order valence-corrected chi connectivity index (χ4v) is 4.34. The zero-order chi connectivity index (χ0) is 20.8. The molecule has 0 saturated heterocycles. The number of carbonyl (C=O) groups excluding carboxylic acids is 1. The number of sulfonamides is 1. The van der Waals surface area contributed by atoms with Gasteiger partial charge >= 0.3 is 0 Å². The number of amides is 1. The van der Waals surface area contributed by atoms with Crippen LogP contribution in [0.5, 0.6) is 0 Å². The van der Waals surface area contributed by atoms with Crippen LogP contribution >= 0.6 is 0 Å². The first-order valence-electron chi connectivity index (χ1n) is 10.5. The molecular weight excluding hydrogens is 372 g/mol. The summed E-state index contributed by atoms with van der Waals surface area (Å²) in [6, 6.07) is 8.14. The Bertz CT molecular complexity index is 728. The van der Waals surface area contributed by atoms with Crippen LogP contribution in [-0.2, 0) is 21.2 Å². The van der Waals surface area contributed by atoms with Gasteiger partial charge in [-0.3, -0.25) is 4.79 Å². The van der Waals surface area contributed by atoms with E-state index in [1.54, 1.807) is 20.8 Å². The monoisotopic (exact) mass is 408 g/mol. The summed E-state index contributed by atoms with van der Waals surface area (Å²) >= 11 is 0. The minimum absolute atomic E-state index is 0.00948. The van der Waals surface area contributed by atoms with Gasteiger partial charge in [0.1, 0.15) is 0 Å². The number of unbranched alkanes of at least 4 members (excludes halogenated alkanes) is 1. The summed E-state index contributed by atoms with van der Waals surface area (Å²) in [4.78, 5) is 12.6. The molecule has 0 aromatic heterocycles. The zero-order valence-corrected chi connectivity index (χ0v) is 18.6. The van der Waals surface area contributed by atoms with Gasteiger partial charge in [-0.1, -0.05) is 25.5 Å². The first-order valence-corrected chi connectivity index (χ1v) is 12.0. The highest BCUT2D eigenvalue weighted by Gasteiger charge is 2.31. The van der Waals surface area contributed by atoms with Crippen molar-refractivity contribution in [1.29, 1.82) is 0 Å². The quantitative estimate of drug-likeness (QED) is 0.665. The predicted octanol–water partition coefficient (Wildman–Crippen LogP) is 4.49. The van der Waals surface area contributed by atoms with Crippen LogP contribution in [0, 0.1) is 11.8 Å². The molecular formula is C22H36N2O3S. The van der Waals surface area contributed by atoms with E-state index in [-0.39, 0.29) is 11.8 Å². The predicted molar refractivity (Wildman–Crippen MR) is 116 cm³/mol. The Morgan fingerprint density at radius 3 is 2.21 bits per heavy atom. The van der Waals surface area contributed by atoms with Crippen molar-refractivity contribution in [3.8, 4) is 0 Å². The Labute approximate surface area is 170 Å². The van der Waals surface area contributed by atoms with Crippen molar-refractivity contribution in [2.45, 2.75) is 77.4 Å². The standard InChI is InChI=1S/C22H36N2O3S/c1-5-6-7-17-10-14-20(15-11-17)24-21(25)19-12-8-18(9-13-19)16-23-28(26,27)22(2,3)4/h10-11,14-15,18-19,23H,5-9,12-13,16H2,1-4H3,(H,24,25)/t18-,19-. The topological polar surface area (TPSA) is 75.3 Å². The molecule has 0 radical (unpaired) electrons. The second-order valence-electron chi connectivity index (χ2n) is 8.97. The van der Waals surface area contributed by atoms with E-state index in [0.29, 0.717) is 12.5 Å². The van der Waals surface area contributed by atoms with Crippen molar-refractivity contribution in [2.75, 3.05) is 11.9 Å². The molecule has 2 N–H and O–H groups in total. The summed E-state index contributed by atoms with van der Waals surface area (Å²) in [6.07, 6.45) is 6.81. The maximum atomic E-state index is 12.6. The van der Waals surface area contributed by atoms with Crippen LogP contribution in [0.3, 0.4) is 0 Å². The first kappa shape index (κ1) is 22.9.